The molecule has 1 heterocycles. The Labute approximate surface area is 181 Å². The number of carbonyl (C=O) groups excluding carboxylic acids is 2. The van der Waals surface area contributed by atoms with Gasteiger partial charge in [0.1, 0.15) is 0 Å². The molecule has 144 valence electrons. The Balaban J connectivity index is 1.92. The fourth-order valence-electron chi connectivity index (χ4n) is 3.65. The summed E-state index contributed by atoms with van der Waals surface area (Å²) in [5.74, 6) is -0.393. The summed E-state index contributed by atoms with van der Waals surface area (Å²) in [5.41, 5.74) is 0. The van der Waals surface area contributed by atoms with E-state index in [9.17, 15) is 9.59 Å². The summed E-state index contributed by atoms with van der Waals surface area (Å²) in [6, 6.07) is 31.1. The van der Waals surface area contributed by atoms with Gasteiger partial charge in [-0.15, -0.1) is 0 Å². The normalized spacial score (nSPS) is 14.3. The van der Waals surface area contributed by atoms with Crippen molar-refractivity contribution in [1.29, 1.82) is 0 Å². The summed E-state index contributed by atoms with van der Waals surface area (Å²) < 4.78 is 4.03. The van der Waals surface area contributed by atoms with Crippen LogP contribution in [0.4, 0.5) is 0 Å². The van der Waals surface area contributed by atoms with Crippen molar-refractivity contribution in [2.24, 2.45) is 0 Å². The second-order valence-corrected chi connectivity index (χ2v) is 19.0. The Morgan fingerprint density at radius 1 is 0.690 bits per heavy atom. The van der Waals surface area contributed by atoms with E-state index in [4.69, 9.17) is 12.2 Å². The summed E-state index contributed by atoms with van der Waals surface area (Å²) in [6.07, 6.45) is 0.475. The van der Waals surface area contributed by atoms with Crippen molar-refractivity contribution in [3.63, 3.8) is 0 Å². The van der Waals surface area contributed by atoms with Gasteiger partial charge in [-0.25, -0.2) is 0 Å². The molecule has 0 aromatic heterocycles. The summed E-state index contributed by atoms with van der Waals surface area (Å²) >= 11 is 2.33. The fourth-order valence-corrected chi connectivity index (χ4v) is 19.5. The van der Waals surface area contributed by atoms with E-state index in [2.05, 4.69) is 36.4 Å². The molecule has 0 radical (unpaired) electrons. The fraction of sp³-hybridized carbons (Fsp3) is 0.0870. The van der Waals surface area contributed by atoms with Gasteiger partial charge in [0.2, 0.25) is 0 Å². The molecule has 0 N–H and O–H groups in total. The predicted octanol–water partition coefficient (Wildman–Crippen LogP) is 2.82. The topological polar surface area (TPSA) is 37.4 Å². The first-order chi connectivity index (χ1) is 14.1. The van der Waals surface area contributed by atoms with E-state index in [0.29, 0.717) is 4.32 Å². The Kier molecular flexibility index (Phi) is 5.99. The van der Waals surface area contributed by atoms with Crippen LogP contribution in [0.1, 0.15) is 12.8 Å². The molecular weight excluding hydrogens is 459 g/mol. The van der Waals surface area contributed by atoms with Crippen LogP contribution in [0, 0.1) is 0 Å². The van der Waals surface area contributed by atoms with Crippen molar-refractivity contribution < 1.29 is 9.59 Å². The van der Waals surface area contributed by atoms with Crippen LogP contribution in [-0.2, 0) is 9.59 Å². The number of amides is 2. The number of thiocarbonyl (C=S) groups is 1. The molecule has 0 unspecified atom stereocenters. The van der Waals surface area contributed by atoms with Crippen LogP contribution in [0.15, 0.2) is 91.0 Å². The number of likely N-dealkylation sites (tertiary alicyclic amines) is 1. The van der Waals surface area contributed by atoms with E-state index in [1.54, 1.807) is 10.1 Å². The van der Waals surface area contributed by atoms with E-state index in [-0.39, 0.29) is 24.7 Å². The molecule has 4 rings (SSSR count). The molecule has 0 saturated carbocycles. The number of benzene rings is 3. The van der Waals surface area contributed by atoms with Gasteiger partial charge in [-0.05, 0) is 0 Å². The number of hydrogen-bond donors (Lipinski definition) is 0. The molecule has 3 nitrogen and oxygen atoms in total. The molecule has 0 bridgehead atoms. The second kappa shape index (κ2) is 8.65. The Bertz CT molecular complexity index is 930. The van der Waals surface area contributed by atoms with Crippen LogP contribution in [0.2, 0.25) is 0 Å². The van der Waals surface area contributed by atoms with Crippen LogP contribution in [0.25, 0.3) is 0 Å². The van der Waals surface area contributed by atoms with Crippen LogP contribution in [0.5, 0.6) is 0 Å². The molecular formula is C23H19GeNO2S2. The van der Waals surface area contributed by atoms with E-state index in [1.807, 2.05) is 54.6 Å². The zero-order chi connectivity index (χ0) is 20.3. The Hall–Kier alpha value is -2.22. The maximum atomic E-state index is 12.3. The zero-order valence-corrected chi connectivity index (χ0v) is 19.4. The summed E-state index contributed by atoms with van der Waals surface area (Å²) in [7, 11) is 1.56. The molecule has 1 fully saturated rings. The predicted molar refractivity (Wildman–Crippen MR) is 125 cm³/mol. The van der Waals surface area contributed by atoms with Gasteiger partial charge < -0.3 is 0 Å². The van der Waals surface area contributed by atoms with Gasteiger partial charge >= 0.3 is 182 Å². The van der Waals surface area contributed by atoms with Gasteiger partial charge in [0.05, 0.1) is 0 Å². The van der Waals surface area contributed by atoms with Crippen LogP contribution < -0.4 is 13.2 Å². The van der Waals surface area contributed by atoms with Gasteiger partial charge in [-0.3, -0.25) is 0 Å². The molecule has 0 spiro atoms. The van der Waals surface area contributed by atoms with Crippen molar-refractivity contribution in [3.05, 3.63) is 91.0 Å². The molecule has 3 aromatic carbocycles. The standard InChI is InChI=1S/C23H19GeNO2S2/c26-21-16-17-22(27)25(21)23(28)29-24(18-10-4-1-5-11-18,19-12-6-2-7-13-19)20-14-8-3-9-15-20/h1-15H,16-17H2. The Morgan fingerprint density at radius 3 is 1.38 bits per heavy atom. The van der Waals surface area contributed by atoms with Crippen molar-refractivity contribution in [1.82, 2.24) is 4.90 Å². The molecule has 0 aliphatic carbocycles. The minimum absolute atomic E-state index is 0.196. The first kappa shape index (κ1) is 20.1. The third-order valence-electron chi connectivity index (χ3n) is 5.02. The van der Waals surface area contributed by atoms with E-state index >= 15 is 0 Å². The molecule has 6 heteroatoms. The van der Waals surface area contributed by atoms with Gasteiger partial charge in [-0.2, -0.15) is 0 Å². The van der Waals surface area contributed by atoms with Crippen LogP contribution in [0.3, 0.4) is 0 Å². The Morgan fingerprint density at radius 2 is 1.03 bits per heavy atom. The SMILES string of the molecule is O=C1CCC(=O)N1C(=S)[S][Ge]([c]1ccccc1)([c]1ccccc1)[c]1ccccc1. The number of hydrogen-bond acceptors (Lipinski definition) is 4. The van der Waals surface area contributed by atoms with E-state index < -0.39 is 12.1 Å². The van der Waals surface area contributed by atoms with Gasteiger partial charge in [0, 0.05) is 0 Å². The number of carbonyl (C=O) groups is 2. The molecule has 29 heavy (non-hydrogen) atoms. The zero-order valence-electron chi connectivity index (χ0n) is 15.7. The van der Waals surface area contributed by atoms with Crippen molar-refractivity contribution in [3.8, 4) is 0 Å². The first-order valence-corrected chi connectivity index (χ1v) is 16.3. The molecule has 1 aliphatic heterocycles. The van der Waals surface area contributed by atoms with Crippen molar-refractivity contribution in [2.45, 2.75) is 12.8 Å². The molecule has 1 aliphatic rings. The minimum atomic E-state index is -3.38. The van der Waals surface area contributed by atoms with Crippen LogP contribution >= 0.6 is 22.3 Å². The summed E-state index contributed by atoms with van der Waals surface area (Å²) in [5, 5.41) is 0. The van der Waals surface area contributed by atoms with Crippen molar-refractivity contribution >= 4 is 63.8 Å². The van der Waals surface area contributed by atoms with E-state index in [1.165, 1.54) is 18.1 Å². The summed E-state index contributed by atoms with van der Waals surface area (Å²) in [4.78, 5) is 25.9. The molecule has 1 saturated heterocycles. The monoisotopic (exact) mass is 479 g/mol. The first-order valence-electron chi connectivity index (χ1n) is 9.38. The number of rotatable bonds is 4. The quantitative estimate of drug-likeness (QED) is 0.329. The number of nitrogens with zero attached hydrogens (tertiary/aromatic N) is 1. The van der Waals surface area contributed by atoms with E-state index in [0.717, 1.165) is 0 Å². The van der Waals surface area contributed by atoms with Crippen LogP contribution in [-0.4, -0.2) is 33.2 Å². The number of imide groups is 1. The summed E-state index contributed by atoms with van der Waals surface area (Å²) in [6.45, 7) is 0. The molecule has 3 aromatic rings. The third kappa shape index (κ3) is 3.82. The maximum absolute atomic E-state index is 12.3. The van der Waals surface area contributed by atoms with Gasteiger partial charge in [-0.1, -0.05) is 0 Å². The average Bonchev–Trinajstić information content (AvgIpc) is 3.12. The molecule has 0 atom stereocenters. The third-order valence-corrected chi connectivity index (χ3v) is 21.1. The molecule has 2 amide bonds. The average molecular weight is 478 g/mol. The van der Waals surface area contributed by atoms with Gasteiger partial charge in [0.25, 0.3) is 0 Å². The second-order valence-electron chi connectivity index (χ2n) is 6.77. The van der Waals surface area contributed by atoms with Crippen molar-refractivity contribution in [2.75, 3.05) is 0 Å². The van der Waals surface area contributed by atoms with Gasteiger partial charge in [0.15, 0.2) is 0 Å².